The zero-order chi connectivity index (χ0) is 14.5. The number of Topliss-reactive ketones (excluding diaryl/α,β-unsaturated/α-hetero) is 1. The summed E-state index contributed by atoms with van der Waals surface area (Å²) in [5.74, 6) is 0.358. The molecule has 104 valence electrons. The average molecular weight is 268 g/mol. The van der Waals surface area contributed by atoms with Crippen LogP contribution in [0.25, 0.3) is 0 Å². The molecule has 3 rings (SSSR count). The van der Waals surface area contributed by atoms with Crippen molar-refractivity contribution in [2.24, 2.45) is 16.7 Å². The third kappa shape index (κ3) is 1.57. The summed E-state index contributed by atoms with van der Waals surface area (Å²) >= 11 is 0. The fourth-order valence-electron chi connectivity index (χ4n) is 3.92. The molecule has 0 heterocycles. The summed E-state index contributed by atoms with van der Waals surface area (Å²) in [6, 6.07) is 9.17. The number of hydrogen-bond acceptors (Lipinski definition) is 2. The van der Waals surface area contributed by atoms with Gasteiger partial charge < -0.3 is 0 Å². The number of rotatable bonds is 2. The summed E-state index contributed by atoms with van der Waals surface area (Å²) in [7, 11) is 0. The van der Waals surface area contributed by atoms with Gasteiger partial charge in [0, 0.05) is 16.6 Å². The second-order valence-corrected chi connectivity index (χ2v) is 6.80. The molecule has 20 heavy (non-hydrogen) atoms. The number of hydrogen-bond donors (Lipinski definition) is 0. The van der Waals surface area contributed by atoms with E-state index in [1.165, 1.54) is 0 Å². The first-order valence-corrected chi connectivity index (χ1v) is 7.24. The Bertz CT molecular complexity index is 610. The quantitative estimate of drug-likeness (QED) is 0.603. The molecule has 2 saturated carbocycles. The Labute approximate surface area is 119 Å². The van der Waals surface area contributed by atoms with E-state index >= 15 is 0 Å². The van der Waals surface area contributed by atoms with Gasteiger partial charge in [0.2, 0.25) is 0 Å². The van der Waals surface area contributed by atoms with Crippen LogP contribution in [0.3, 0.4) is 0 Å². The topological polar surface area (TPSA) is 34.1 Å². The summed E-state index contributed by atoms with van der Waals surface area (Å²) in [5.41, 5.74) is 1.07. The lowest BCUT2D eigenvalue weighted by Crippen LogP contribution is -2.32. The number of carbonyl (C=O) groups excluding carboxylic acids is 2. The van der Waals surface area contributed by atoms with Gasteiger partial charge in [-0.15, -0.1) is 0 Å². The van der Waals surface area contributed by atoms with Crippen molar-refractivity contribution in [3.05, 3.63) is 47.5 Å². The van der Waals surface area contributed by atoms with Gasteiger partial charge in [-0.05, 0) is 30.3 Å². The van der Waals surface area contributed by atoms with Gasteiger partial charge in [-0.2, -0.15) is 0 Å². The first-order valence-electron chi connectivity index (χ1n) is 7.24. The molecule has 0 saturated heterocycles. The normalized spacial score (nSPS) is 32.9. The fraction of sp³-hybridized carbons (Fsp3) is 0.444. The number of allylic oxidation sites excluding steroid dienone is 2. The molecule has 2 heteroatoms. The monoisotopic (exact) mass is 268 g/mol. The lowest BCUT2D eigenvalue weighted by Gasteiger charge is -2.31. The molecule has 2 aliphatic carbocycles. The van der Waals surface area contributed by atoms with Gasteiger partial charge in [0.05, 0.1) is 0 Å². The first kappa shape index (κ1) is 13.3. The molecule has 2 aliphatic rings. The van der Waals surface area contributed by atoms with E-state index < -0.39 is 0 Å². The molecule has 0 aliphatic heterocycles. The van der Waals surface area contributed by atoms with Crippen molar-refractivity contribution in [2.45, 2.75) is 33.6 Å². The predicted octanol–water partition coefficient (Wildman–Crippen LogP) is 3.82. The minimum absolute atomic E-state index is 0.0348. The van der Waals surface area contributed by atoms with Crippen LogP contribution in [-0.4, -0.2) is 11.6 Å². The van der Waals surface area contributed by atoms with Crippen LogP contribution in [0.2, 0.25) is 0 Å². The number of fused-ring (bicyclic) bond motifs is 2. The Morgan fingerprint density at radius 1 is 1.20 bits per heavy atom. The third-order valence-corrected chi connectivity index (χ3v) is 5.71. The summed E-state index contributed by atoms with van der Waals surface area (Å²) < 4.78 is 0. The van der Waals surface area contributed by atoms with Crippen molar-refractivity contribution in [1.29, 1.82) is 0 Å². The Morgan fingerprint density at radius 2 is 1.85 bits per heavy atom. The molecule has 2 atom stereocenters. The third-order valence-electron chi connectivity index (χ3n) is 5.71. The Balaban J connectivity index is 1.99. The second kappa shape index (κ2) is 4.15. The SMILES string of the molecule is CC1(C)[C@@H]2CC[C@@]1(C)C(=O)/C2=C/C(=O)c1ccccc1. The lowest BCUT2D eigenvalue weighted by atomic mass is 9.70. The molecular formula is C18H20O2. The van der Waals surface area contributed by atoms with Crippen LogP contribution < -0.4 is 0 Å². The van der Waals surface area contributed by atoms with E-state index in [1.54, 1.807) is 18.2 Å². The van der Waals surface area contributed by atoms with Crippen molar-refractivity contribution < 1.29 is 9.59 Å². The second-order valence-electron chi connectivity index (χ2n) is 6.80. The van der Waals surface area contributed by atoms with E-state index in [4.69, 9.17) is 0 Å². The minimum atomic E-state index is -0.291. The zero-order valence-electron chi connectivity index (χ0n) is 12.3. The zero-order valence-corrected chi connectivity index (χ0v) is 12.3. The molecule has 0 unspecified atom stereocenters. The van der Waals surface area contributed by atoms with Gasteiger partial charge in [-0.3, -0.25) is 9.59 Å². The molecule has 1 aromatic rings. The molecule has 2 bridgehead atoms. The molecule has 1 aromatic carbocycles. The van der Waals surface area contributed by atoms with Crippen molar-refractivity contribution in [2.75, 3.05) is 0 Å². The van der Waals surface area contributed by atoms with Crippen molar-refractivity contribution in [1.82, 2.24) is 0 Å². The number of benzene rings is 1. The van der Waals surface area contributed by atoms with Crippen LogP contribution in [0, 0.1) is 16.7 Å². The summed E-state index contributed by atoms with van der Waals surface area (Å²) in [6.07, 6.45) is 3.55. The number of carbonyl (C=O) groups is 2. The molecule has 2 nitrogen and oxygen atoms in total. The van der Waals surface area contributed by atoms with Crippen LogP contribution >= 0.6 is 0 Å². The van der Waals surface area contributed by atoms with Crippen LogP contribution in [0.5, 0.6) is 0 Å². The van der Waals surface area contributed by atoms with E-state index in [2.05, 4.69) is 20.8 Å². The van der Waals surface area contributed by atoms with Crippen molar-refractivity contribution in [3.8, 4) is 0 Å². The molecular weight excluding hydrogens is 248 g/mol. The standard InChI is InChI=1S/C18H20O2/c1-17(2)14-9-10-18(17,3)16(20)13(14)11-15(19)12-7-5-4-6-8-12/h4-8,11,14H,9-10H2,1-3H3/b13-11+/t14-,18+/m1/s1. The van der Waals surface area contributed by atoms with E-state index in [1.807, 2.05) is 18.2 Å². The molecule has 0 spiro atoms. The van der Waals surface area contributed by atoms with Gasteiger partial charge in [0.25, 0.3) is 0 Å². The van der Waals surface area contributed by atoms with Crippen LogP contribution in [0.15, 0.2) is 42.0 Å². The van der Waals surface area contributed by atoms with E-state index in [0.717, 1.165) is 18.4 Å². The smallest absolute Gasteiger partial charge is 0.186 e. The molecule has 0 N–H and O–H groups in total. The number of ketones is 2. The van der Waals surface area contributed by atoms with Crippen LogP contribution in [0.1, 0.15) is 44.0 Å². The van der Waals surface area contributed by atoms with Gasteiger partial charge in [-0.1, -0.05) is 51.1 Å². The Morgan fingerprint density at radius 3 is 2.40 bits per heavy atom. The van der Waals surface area contributed by atoms with Gasteiger partial charge in [0.15, 0.2) is 11.6 Å². The first-order chi connectivity index (χ1) is 9.38. The van der Waals surface area contributed by atoms with E-state index in [-0.39, 0.29) is 28.3 Å². The maximum Gasteiger partial charge on any atom is 0.186 e. The van der Waals surface area contributed by atoms with Gasteiger partial charge >= 0.3 is 0 Å². The average Bonchev–Trinajstić information content (AvgIpc) is 2.74. The molecule has 0 aromatic heterocycles. The highest BCUT2D eigenvalue weighted by Crippen LogP contribution is 2.65. The lowest BCUT2D eigenvalue weighted by molar-refractivity contribution is -0.125. The molecule has 2 fully saturated rings. The van der Waals surface area contributed by atoms with E-state index in [9.17, 15) is 9.59 Å². The van der Waals surface area contributed by atoms with Crippen LogP contribution in [-0.2, 0) is 4.79 Å². The maximum atomic E-state index is 12.7. The maximum absolute atomic E-state index is 12.7. The molecule has 0 amide bonds. The Kier molecular flexibility index (Phi) is 2.75. The highest BCUT2D eigenvalue weighted by atomic mass is 16.1. The highest BCUT2D eigenvalue weighted by molar-refractivity contribution is 6.13. The molecule has 0 radical (unpaired) electrons. The Hall–Kier alpha value is -1.70. The van der Waals surface area contributed by atoms with Gasteiger partial charge in [-0.25, -0.2) is 0 Å². The predicted molar refractivity (Wildman–Crippen MR) is 78.5 cm³/mol. The largest absolute Gasteiger partial charge is 0.294 e. The minimum Gasteiger partial charge on any atom is -0.294 e. The summed E-state index contributed by atoms with van der Waals surface area (Å²) in [6.45, 7) is 6.38. The summed E-state index contributed by atoms with van der Waals surface area (Å²) in [4.78, 5) is 25.0. The summed E-state index contributed by atoms with van der Waals surface area (Å²) in [5, 5.41) is 0. The van der Waals surface area contributed by atoms with E-state index in [0.29, 0.717) is 5.56 Å². The highest BCUT2D eigenvalue weighted by Gasteiger charge is 2.63. The van der Waals surface area contributed by atoms with Crippen molar-refractivity contribution >= 4 is 11.6 Å². The van der Waals surface area contributed by atoms with Crippen LogP contribution in [0.4, 0.5) is 0 Å². The van der Waals surface area contributed by atoms with Gasteiger partial charge in [0.1, 0.15) is 0 Å². The fourth-order valence-corrected chi connectivity index (χ4v) is 3.92. The van der Waals surface area contributed by atoms with Crippen molar-refractivity contribution in [3.63, 3.8) is 0 Å².